The molecule has 2 aromatic carbocycles. The molecule has 0 bridgehead atoms. The van der Waals surface area contributed by atoms with Crippen molar-refractivity contribution in [3.63, 3.8) is 0 Å². The molecule has 5 nitrogen and oxygen atoms in total. The fourth-order valence-corrected chi connectivity index (χ4v) is 3.47. The van der Waals surface area contributed by atoms with Gasteiger partial charge in [0, 0.05) is 5.69 Å². The molecule has 0 heterocycles. The van der Waals surface area contributed by atoms with Gasteiger partial charge in [0.15, 0.2) is 0 Å². The summed E-state index contributed by atoms with van der Waals surface area (Å²) in [7, 11) is 1.60. The number of carbonyl (C=O) groups is 1. The molecule has 0 saturated heterocycles. The average Bonchev–Trinajstić information content (AvgIpc) is 2.54. The van der Waals surface area contributed by atoms with Gasteiger partial charge in [0.25, 0.3) is 5.91 Å². The molecule has 2 rings (SSSR count). The van der Waals surface area contributed by atoms with Gasteiger partial charge >= 0.3 is 0 Å². The lowest BCUT2D eigenvalue weighted by Gasteiger charge is -2.07. The van der Waals surface area contributed by atoms with Gasteiger partial charge in [0.2, 0.25) is 0 Å². The molecule has 0 atom stereocenters. The minimum atomic E-state index is -0.224. The van der Waals surface area contributed by atoms with Crippen LogP contribution in [0.15, 0.2) is 50.4 Å². The summed E-state index contributed by atoms with van der Waals surface area (Å²) in [6.45, 7) is 2.16. The van der Waals surface area contributed by atoms with Gasteiger partial charge in [-0.25, -0.2) is 5.43 Å². The second kappa shape index (κ2) is 8.84. The van der Waals surface area contributed by atoms with E-state index < -0.39 is 0 Å². The molecule has 1 amide bonds. The molecule has 0 fully saturated rings. The van der Waals surface area contributed by atoms with E-state index in [0.717, 1.165) is 20.2 Å². The van der Waals surface area contributed by atoms with Crippen LogP contribution < -0.4 is 15.5 Å². The van der Waals surface area contributed by atoms with Gasteiger partial charge in [-0.1, -0.05) is 17.7 Å². The molecule has 0 spiro atoms. The van der Waals surface area contributed by atoms with E-state index in [9.17, 15) is 4.79 Å². The monoisotopic (exact) mass is 453 g/mol. The highest BCUT2D eigenvalue weighted by Crippen LogP contribution is 2.33. The Balaban J connectivity index is 1.87. The van der Waals surface area contributed by atoms with Crippen molar-refractivity contribution < 1.29 is 9.53 Å². The number of amides is 1. The highest BCUT2D eigenvalue weighted by molar-refractivity contribution is 9.11. The SMILES string of the molecule is COc1c(Br)cc(/C=N/NC(=O)CNc2ccc(C)cc2)cc1Br. The Morgan fingerprint density at radius 2 is 1.83 bits per heavy atom. The number of ether oxygens (including phenoxy) is 1. The zero-order chi connectivity index (χ0) is 17.5. The topological polar surface area (TPSA) is 62.7 Å². The van der Waals surface area contributed by atoms with Crippen molar-refractivity contribution in [2.45, 2.75) is 6.92 Å². The van der Waals surface area contributed by atoms with Crippen molar-refractivity contribution in [2.75, 3.05) is 19.0 Å². The predicted molar refractivity (Wildman–Crippen MR) is 104 cm³/mol. The number of carbonyl (C=O) groups excluding carboxylic acids is 1. The number of aryl methyl sites for hydroxylation is 1. The smallest absolute Gasteiger partial charge is 0.259 e. The highest BCUT2D eigenvalue weighted by atomic mass is 79.9. The van der Waals surface area contributed by atoms with Gasteiger partial charge in [-0.15, -0.1) is 0 Å². The predicted octanol–water partition coefficient (Wildman–Crippen LogP) is 4.09. The van der Waals surface area contributed by atoms with Crippen LogP contribution in [0.2, 0.25) is 0 Å². The number of hydrogen-bond acceptors (Lipinski definition) is 4. The van der Waals surface area contributed by atoms with Gasteiger partial charge in [-0.05, 0) is 68.6 Å². The lowest BCUT2D eigenvalue weighted by Crippen LogP contribution is -2.25. The second-order valence-corrected chi connectivity index (χ2v) is 6.74. The van der Waals surface area contributed by atoms with E-state index in [1.807, 2.05) is 43.3 Å². The lowest BCUT2D eigenvalue weighted by atomic mass is 10.2. The van der Waals surface area contributed by atoms with Crippen LogP contribution in [0.3, 0.4) is 0 Å². The summed E-state index contributed by atoms with van der Waals surface area (Å²) in [6.07, 6.45) is 1.57. The third-order valence-electron chi connectivity index (χ3n) is 3.13. The molecule has 24 heavy (non-hydrogen) atoms. The molecule has 0 aliphatic rings. The van der Waals surface area contributed by atoms with Crippen molar-refractivity contribution in [2.24, 2.45) is 5.10 Å². The maximum Gasteiger partial charge on any atom is 0.259 e. The third-order valence-corrected chi connectivity index (χ3v) is 4.31. The molecule has 2 aromatic rings. The van der Waals surface area contributed by atoms with E-state index in [2.05, 4.69) is 47.7 Å². The fourth-order valence-electron chi connectivity index (χ4n) is 1.92. The van der Waals surface area contributed by atoms with Gasteiger partial charge in [0.1, 0.15) is 5.75 Å². The Bertz CT molecular complexity index is 723. The summed E-state index contributed by atoms with van der Waals surface area (Å²) in [5.74, 6) is 0.483. The number of methoxy groups -OCH3 is 1. The fraction of sp³-hybridized carbons (Fsp3) is 0.176. The number of hydrogen-bond donors (Lipinski definition) is 2. The summed E-state index contributed by atoms with van der Waals surface area (Å²) in [5.41, 5.74) is 5.37. The van der Waals surface area contributed by atoms with Crippen LogP contribution in [0.1, 0.15) is 11.1 Å². The van der Waals surface area contributed by atoms with Crippen molar-refractivity contribution in [1.29, 1.82) is 0 Å². The number of rotatable bonds is 6. The Hall–Kier alpha value is -1.86. The Morgan fingerprint density at radius 1 is 1.21 bits per heavy atom. The van der Waals surface area contributed by atoms with E-state index in [0.29, 0.717) is 5.75 Å². The Labute approximate surface area is 157 Å². The molecule has 0 radical (unpaired) electrons. The molecule has 2 N–H and O–H groups in total. The van der Waals surface area contributed by atoms with Crippen LogP contribution in [0.5, 0.6) is 5.75 Å². The average molecular weight is 455 g/mol. The van der Waals surface area contributed by atoms with E-state index in [1.165, 1.54) is 5.56 Å². The zero-order valence-electron chi connectivity index (χ0n) is 13.3. The molecule has 0 aliphatic heterocycles. The zero-order valence-corrected chi connectivity index (χ0v) is 16.4. The van der Waals surface area contributed by atoms with Gasteiger partial charge in [-0.2, -0.15) is 5.10 Å². The third kappa shape index (κ3) is 5.35. The van der Waals surface area contributed by atoms with E-state index in [1.54, 1.807) is 13.3 Å². The Kier molecular flexibility index (Phi) is 6.81. The number of benzene rings is 2. The quantitative estimate of drug-likeness (QED) is 0.510. The first-order valence-electron chi connectivity index (χ1n) is 7.15. The minimum absolute atomic E-state index is 0.149. The summed E-state index contributed by atoms with van der Waals surface area (Å²) >= 11 is 6.84. The lowest BCUT2D eigenvalue weighted by molar-refractivity contribution is -0.119. The van der Waals surface area contributed by atoms with Crippen molar-refractivity contribution >= 4 is 49.7 Å². The molecule has 7 heteroatoms. The largest absolute Gasteiger partial charge is 0.494 e. The number of halogens is 2. The van der Waals surface area contributed by atoms with Crippen molar-refractivity contribution in [3.8, 4) is 5.75 Å². The maximum atomic E-state index is 11.8. The summed E-state index contributed by atoms with van der Waals surface area (Å²) < 4.78 is 6.84. The van der Waals surface area contributed by atoms with Crippen LogP contribution >= 0.6 is 31.9 Å². The first-order valence-corrected chi connectivity index (χ1v) is 8.73. The number of hydrazone groups is 1. The van der Waals surface area contributed by atoms with Gasteiger partial charge in [0.05, 0.1) is 28.8 Å². The van der Waals surface area contributed by atoms with Crippen LogP contribution in [0, 0.1) is 6.92 Å². The number of anilines is 1. The number of nitrogens with zero attached hydrogens (tertiary/aromatic N) is 1. The standard InChI is InChI=1S/C17H17Br2N3O2/c1-11-3-5-13(6-4-11)20-10-16(23)22-21-9-12-7-14(18)17(24-2)15(19)8-12/h3-9,20H,10H2,1-2H3,(H,22,23)/b21-9+. The van der Waals surface area contributed by atoms with Crippen LogP contribution in [0.25, 0.3) is 0 Å². The van der Waals surface area contributed by atoms with Crippen LogP contribution in [-0.4, -0.2) is 25.8 Å². The van der Waals surface area contributed by atoms with Crippen molar-refractivity contribution in [3.05, 3.63) is 56.5 Å². The molecule has 126 valence electrons. The normalized spacial score (nSPS) is 10.7. The maximum absolute atomic E-state index is 11.8. The summed E-state index contributed by atoms with van der Waals surface area (Å²) in [5, 5.41) is 6.99. The molecular weight excluding hydrogens is 438 g/mol. The van der Waals surface area contributed by atoms with Crippen LogP contribution in [0.4, 0.5) is 5.69 Å². The molecular formula is C17H17Br2N3O2. The summed E-state index contributed by atoms with van der Waals surface area (Å²) in [6, 6.07) is 11.5. The number of nitrogens with one attached hydrogen (secondary N) is 2. The van der Waals surface area contributed by atoms with E-state index >= 15 is 0 Å². The van der Waals surface area contributed by atoms with E-state index in [-0.39, 0.29) is 12.5 Å². The molecule has 0 saturated carbocycles. The molecule has 0 aliphatic carbocycles. The first-order chi connectivity index (χ1) is 11.5. The van der Waals surface area contributed by atoms with Crippen molar-refractivity contribution in [1.82, 2.24) is 5.43 Å². The molecule has 0 aromatic heterocycles. The summed E-state index contributed by atoms with van der Waals surface area (Å²) in [4.78, 5) is 11.8. The second-order valence-electron chi connectivity index (χ2n) is 5.03. The van der Waals surface area contributed by atoms with E-state index in [4.69, 9.17) is 4.74 Å². The highest BCUT2D eigenvalue weighted by Gasteiger charge is 2.06. The molecule has 0 unspecified atom stereocenters. The minimum Gasteiger partial charge on any atom is -0.494 e. The van der Waals surface area contributed by atoms with Gasteiger partial charge < -0.3 is 10.1 Å². The van der Waals surface area contributed by atoms with Gasteiger partial charge in [-0.3, -0.25) is 4.79 Å². The van der Waals surface area contributed by atoms with Crippen LogP contribution in [-0.2, 0) is 4.79 Å². The first kappa shape index (κ1) is 18.5. The Morgan fingerprint density at radius 3 is 2.42 bits per heavy atom.